The van der Waals surface area contributed by atoms with E-state index in [-0.39, 0.29) is 17.4 Å². The Morgan fingerprint density at radius 2 is 2.20 bits per heavy atom. The molecule has 0 aliphatic carbocycles. The van der Waals surface area contributed by atoms with Crippen LogP contribution in [0.2, 0.25) is 0 Å². The van der Waals surface area contributed by atoms with Crippen molar-refractivity contribution >= 4 is 21.4 Å². The van der Waals surface area contributed by atoms with E-state index in [1.807, 2.05) is 0 Å². The lowest BCUT2D eigenvalue weighted by Gasteiger charge is -2.06. The molecule has 0 saturated heterocycles. The quantitative estimate of drug-likeness (QED) is 0.834. The van der Waals surface area contributed by atoms with Gasteiger partial charge in [0, 0.05) is 18.8 Å². The second kappa shape index (κ2) is 6.31. The minimum atomic E-state index is -3.57. The number of nitrogens with one attached hydrogen (secondary N) is 1. The summed E-state index contributed by atoms with van der Waals surface area (Å²) in [4.78, 5) is 3.95. The highest BCUT2D eigenvalue weighted by atomic mass is 32.2. The minimum Gasteiger partial charge on any atom is -0.481 e. The van der Waals surface area contributed by atoms with Gasteiger partial charge in [0.25, 0.3) is 0 Å². The molecule has 0 bridgehead atoms. The standard InChI is InChI=1S/C12H14N2O4S2/c1-18-11-4-9(2-3-13-11)6-14-20(16,17)12-5-10(7-15)8-19-12/h2-5,8,14-15H,6-7H2,1H3. The highest BCUT2D eigenvalue weighted by Crippen LogP contribution is 2.20. The van der Waals surface area contributed by atoms with Gasteiger partial charge in [-0.1, -0.05) is 0 Å². The van der Waals surface area contributed by atoms with Crippen LogP contribution in [0.1, 0.15) is 11.1 Å². The number of pyridine rings is 1. The molecule has 0 spiro atoms. The van der Waals surface area contributed by atoms with Crippen LogP contribution in [0.5, 0.6) is 5.88 Å². The molecule has 0 amide bonds. The van der Waals surface area contributed by atoms with Crippen molar-refractivity contribution in [1.82, 2.24) is 9.71 Å². The molecular formula is C12H14N2O4S2. The van der Waals surface area contributed by atoms with E-state index in [1.165, 1.54) is 13.2 Å². The number of methoxy groups -OCH3 is 1. The molecule has 2 N–H and O–H groups in total. The average Bonchev–Trinajstić information content (AvgIpc) is 2.95. The average molecular weight is 314 g/mol. The summed E-state index contributed by atoms with van der Waals surface area (Å²) in [6, 6.07) is 4.83. The van der Waals surface area contributed by atoms with Crippen LogP contribution in [0.25, 0.3) is 0 Å². The lowest BCUT2D eigenvalue weighted by Crippen LogP contribution is -2.22. The maximum Gasteiger partial charge on any atom is 0.250 e. The maximum absolute atomic E-state index is 12.1. The Kier molecular flexibility index (Phi) is 4.71. The summed E-state index contributed by atoms with van der Waals surface area (Å²) >= 11 is 1.08. The van der Waals surface area contributed by atoms with Crippen molar-refractivity contribution < 1.29 is 18.3 Å². The molecule has 108 valence electrons. The van der Waals surface area contributed by atoms with E-state index in [2.05, 4.69) is 9.71 Å². The van der Waals surface area contributed by atoms with Gasteiger partial charge in [0.05, 0.1) is 13.7 Å². The fourth-order valence-electron chi connectivity index (χ4n) is 1.50. The van der Waals surface area contributed by atoms with Crippen LogP contribution < -0.4 is 9.46 Å². The fourth-order valence-corrected chi connectivity index (χ4v) is 3.76. The third-order valence-electron chi connectivity index (χ3n) is 2.55. The maximum atomic E-state index is 12.1. The number of ether oxygens (including phenoxy) is 1. The second-order valence-corrected chi connectivity index (χ2v) is 6.87. The fraction of sp³-hybridized carbons (Fsp3) is 0.250. The van der Waals surface area contributed by atoms with Crippen LogP contribution >= 0.6 is 11.3 Å². The normalized spacial score (nSPS) is 11.5. The number of rotatable bonds is 6. The molecule has 8 heteroatoms. The molecule has 2 rings (SSSR count). The third kappa shape index (κ3) is 3.54. The summed E-state index contributed by atoms with van der Waals surface area (Å²) < 4.78 is 31.8. The molecule has 0 radical (unpaired) electrons. The van der Waals surface area contributed by atoms with Crippen LogP contribution in [0.3, 0.4) is 0 Å². The summed E-state index contributed by atoms with van der Waals surface area (Å²) in [5, 5.41) is 10.6. The van der Waals surface area contributed by atoms with Gasteiger partial charge in [0.2, 0.25) is 15.9 Å². The molecule has 0 aliphatic heterocycles. The molecule has 0 unspecified atom stereocenters. The molecule has 0 aliphatic rings. The van der Waals surface area contributed by atoms with Gasteiger partial charge in [0.1, 0.15) is 4.21 Å². The lowest BCUT2D eigenvalue weighted by molar-refractivity contribution is 0.282. The highest BCUT2D eigenvalue weighted by Gasteiger charge is 2.16. The van der Waals surface area contributed by atoms with Crippen molar-refractivity contribution in [3.05, 3.63) is 40.9 Å². The summed E-state index contributed by atoms with van der Waals surface area (Å²) in [6.07, 6.45) is 1.55. The monoisotopic (exact) mass is 314 g/mol. The molecule has 2 aromatic rings. The van der Waals surface area contributed by atoms with Crippen molar-refractivity contribution in [2.75, 3.05) is 7.11 Å². The van der Waals surface area contributed by atoms with Crippen molar-refractivity contribution in [3.8, 4) is 5.88 Å². The molecule has 0 atom stereocenters. The topological polar surface area (TPSA) is 88.5 Å². The summed E-state index contributed by atoms with van der Waals surface area (Å²) in [5.41, 5.74) is 1.33. The van der Waals surface area contributed by atoms with Gasteiger partial charge >= 0.3 is 0 Å². The number of hydrogen-bond donors (Lipinski definition) is 2. The third-order valence-corrected chi connectivity index (χ3v) is 5.44. The number of sulfonamides is 1. The zero-order valence-electron chi connectivity index (χ0n) is 10.7. The van der Waals surface area contributed by atoms with E-state index < -0.39 is 10.0 Å². The first-order valence-corrected chi connectivity index (χ1v) is 8.08. The first-order valence-electron chi connectivity index (χ1n) is 5.72. The Balaban J connectivity index is 2.08. The van der Waals surface area contributed by atoms with E-state index in [0.29, 0.717) is 11.4 Å². The number of aliphatic hydroxyl groups is 1. The minimum absolute atomic E-state index is 0.146. The Bertz CT molecular complexity index is 682. The summed E-state index contributed by atoms with van der Waals surface area (Å²) in [7, 11) is -2.07. The van der Waals surface area contributed by atoms with Crippen molar-refractivity contribution in [2.45, 2.75) is 17.4 Å². The van der Waals surface area contributed by atoms with Gasteiger partial charge < -0.3 is 9.84 Å². The number of thiophene rings is 1. The Labute approximate surface area is 121 Å². The van der Waals surface area contributed by atoms with Crippen LogP contribution in [-0.4, -0.2) is 25.6 Å². The van der Waals surface area contributed by atoms with Crippen LogP contribution in [-0.2, 0) is 23.2 Å². The van der Waals surface area contributed by atoms with Gasteiger partial charge in [-0.05, 0) is 28.6 Å². The van der Waals surface area contributed by atoms with Crippen LogP contribution in [0.4, 0.5) is 0 Å². The SMILES string of the molecule is COc1cc(CNS(=O)(=O)c2cc(CO)cs2)ccn1. The first-order chi connectivity index (χ1) is 9.55. The van der Waals surface area contributed by atoms with Crippen LogP contribution in [0.15, 0.2) is 34.0 Å². The Morgan fingerprint density at radius 1 is 1.40 bits per heavy atom. The van der Waals surface area contributed by atoms with Gasteiger partial charge in [-0.2, -0.15) is 0 Å². The first kappa shape index (κ1) is 14.9. The Morgan fingerprint density at radius 3 is 2.85 bits per heavy atom. The number of aromatic nitrogens is 1. The number of aliphatic hydroxyl groups excluding tert-OH is 1. The van der Waals surface area contributed by atoms with E-state index in [4.69, 9.17) is 9.84 Å². The zero-order chi connectivity index (χ0) is 14.6. The van der Waals surface area contributed by atoms with Crippen molar-refractivity contribution in [1.29, 1.82) is 0 Å². The van der Waals surface area contributed by atoms with E-state index in [9.17, 15) is 8.42 Å². The zero-order valence-corrected chi connectivity index (χ0v) is 12.4. The highest BCUT2D eigenvalue weighted by molar-refractivity contribution is 7.91. The van der Waals surface area contributed by atoms with Crippen molar-refractivity contribution in [2.24, 2.45) is 0 Å². The number of hydrogen-bond acceptors (Lipinski definition) is 6. The van der Waals surface area contributed by atoms with Gasteiger partial charge in [-0.3, -0.25) is 0 Å². The molecule has 0 saturated carbocycles. The van der Waals surface area contributed by atoms with Crippen LogP contribution in [0, 0.1) is 0 Å². The Hall–Kier alpha value is -1.48. The predicted octanol–water partition coefficient (Wildman–Crippen LogP) is 1.12. The molecular weight excluding hydrogens is 300 g/mol. The predicted molar refractivity (Wildman–Crippen MR) is 75.1 cm³/mol. The summed E-state index contributed by atoms with van der Waals surface area (Å²) in [5.74, 6) is 0.431. The lowest BCUT2D eigenvalue weighted by atomic mass is 10.3. The van der Waals surface area contributed by atoms with Gasteiger partial charge in [-0.25, -0.2) is 18.1 Å². The van der Waals surface area contributed by atoms with Gasteiger partial charge in [-0.15, -0.1) is 11.3 Å². The van der Waals surface area contributed by atoms with E-state index >= 15 is 0 Å². The molecule has 0 fully saturated rings. The summed E-state index contributed by atoms with van der Waals surface area (Å²) in [6.45, 7) is -0.0266. The number of nitrogens with zero attached hydrogens (tertiary/aromatic N) is 1. The van der Waals surface area contributed by atoms with E-state index in [0.717, 1.165) is 16.9 Å². The molecule has 2 heterocycles. The van der Waals surface area contributed by atoms with Gasteiger partial charge in [0.15, 0.2) is 0 Å². The molecule has 20 heavy (non-hydrogen) atoms. The molecule has 2 aromatic heterocycles. The smallest absolute Gasteiger partial charge is 0.250 e. The largest absolute Gasteiger partial charge is 0.481 e. The van der Waals surface area contributed by atoms with Crippen molar-refractivity contribution in [3.63, 3.8) is 0 Å². The molecule has 0 aromatic carbocycles. The second-order valence-electron chi connectivity index (χ2n) is 3.96. The molecule has 6 nitrogen and oxygen atoms in total. The van der Waals surface area contributed by atoms with E-state index in [1.54, 1.807) is 23.7 Å².